The number of rotatable bonds is 11. The molecule has 0 bridgehead atoms. The van der Waals surface area contributed by atoms with Crippen LogP contribution in [0.3, 0.4) is 0 Å². The molecule has 4 rings (SSSR count). The minimum atomic E-state index is -3.57. The normalized spacial score (nSPS) is 12.6. The zero-order valence-electron chi connectivity index (χ0n) is 22.1. The van der Waals surface area contributed by atoms with Crippen molar-refractivity contribution in [3.05, 3.63) is 83.8 Å². The van der Waals surface area contributed by atoms with Gasteiger partial charge in [-0.05, 0) is 72.0 Å². The molecule has 0 aliphatic rings. The van der Waals surface area contributed by atoms with Crippen LogP contribution in [-0.2, 0) is 16.4 Å². The molecular formula is C29H32FN3O5S. The summed E-state index contributed by atoms with van der Waals surface area (Å²) in [6.45, 7) is 2.06. The number of aromatic amines is 1. The van der Waals surface area contributed by atoms with Crippen molar-refractivity contribution in [2.24, 2.45) is 0 Å². The Hall–Kier alpha value is -3.73. The topological polar surface area (TPSA) is 112 Å². The maximum absolute atomic E-state index is 13.8. The van der Waals surface area contributed by atoms with E-state index in [1.165, 1.54) is 38.4 Å². The van der Waals surface area contributed by atoms with Crippen molar-refractivity contribution in [3.8, 4) is 16.9 Å². The van der Waals surface area contributed by atoms with E-state index in [1.807, 2.05) is 6.92 Å². The van der Waals surface area contributed by atoms with Gasteiger partial charge in [-0.1, -0.05) is 25.1 Å². The monoisotopic (exact) mass is 553 g/mol. The Labute approximate surface area is 227 Å². The molecule has 0 aliphatic carbocycles. The molecule has 1 unspecified atom stereocenters. The Morgan fingerprint density at radius 1 is 1.08 bits per heavy atom. The zero-order valence-corrected chi connectivity index (χ0v) is 22.9. The van der Waals surface area contributed by atoms with E-state index in [1.54, 1.807) is 42.6 Å². The fourth-order valence-electron chi connectivity index (χ4n) is 4.26. The van der Waals surface area contributed by atoms with Crippen molar-refractivity contribution in [3.63, 3.8) is 0 Å². The molecule has 0 saturated heterocycles. The Balaban J connectivity index is 1.60. The van der Waals surface area contributed by atoms with Crippen molar-refractivity contribution < 1.29 is 27.4 Å². The number of carbonyl (C=O) groups excluding carboxylic acids is 1. The first kappa shape index (κ1) is 28.3. The van der Waals surface area contributed by atoms with Crippen molar-refractivity contribution in [1.82, 2.24) is 14.6 Å². The van der Waals surface area contributed by atoms with E-state index in [9.17, 15) is 22.7 Å². The first-order valence-electron chi connectivity index (χ1n) is 12.6. The minimum absolute atomic E-state index is 0.167. The van der Waals surface area contributed by atoms with Crippen LogP contribution < -0.4 is 10.1 Å². The van der Waals surface area contributed by atoms with Crippen LogP contribution in [0.4, 0.5) is 4.39 Å². The van der Waals surface area contributed by atoms with Gasteiger partial charge in [0.25, 0.3) is 5.91 Å². The van der Waals surface area contributed by atoms with Crippen LogP contribution in [0.5, 0.6) is 5.75 Å². The number of aliphatic hydroxyl groups is 1. The summed E-state index contributed by atoms with van der Waals surface area (Å²) in [6, 6.07) is 15.4. The summed E-state index contributed by atoms with van der Waals surface area (Å²) < 4.78 is 45.6. The number of benzene rings is 3. The van der Waals surface area contributed by atoms with Crippen molar-refractivity contribution >= 4 is 26.8 Å². The highest BCUT2D eigenvalue weighted by Gasteiger charge is 2.21. The van der Waals surface area contributed by atoms with E-state index in [2.05, 4.69) is 10.3 Å². The standard InChI is InChI=1S/C29H32FN3O5S/c1-4-13-38-28-12-7-20(19-5-9-24(10-6-19)39(36,37)33(2)3)15-26(28)29(35)32-23(18-34)14-21-17-31-27-11-8-22(30)16-25(21)27/h5-12,15-17,23,31,34H,4,13-14,18H2,1-3H3,(H,32,35). The van der Waals surface area contributed by atoms with E-state index in [-0.39, 0.29) is 22.9 Å². The molecule has 4 aromatic rings. The van der Waals surface area contributed by atoms with E-state index in [0.717, 1.165) is 27.4 Å². The van der Waals surface area contributed by atoms with Gasteiger partial charge in [-0.25, -0.2) is 17.1 Å². The van der Waals surface area contributed by atoms with Crippen LogP contribution in [0.2, 0.25) is 0 Å². The molecular weight excluding hydrogens is 521 g/mol. The Kier molecular flexibility index (Phi) is 8.69. The predicted octanol–water partition coefficient (Wildman–Crippen LogP) is 4.35. The average molecular weight is 554 g/mol. The fourth-order valence-corrected chi connectivity index (χ4v) is 5.17. The van der Waals surface area contributed by atoms with E-state index < -0.39 is 22.0 Å². The largest absolute Gasteiger partial charge is 0.493 e. The van der Waals surface area contributed by atoms with Crippen LogP contribution in [0.25, 0.3) is 22.0 Å². The third kappa shape index (κ3) is 6.30. The van der Waals surface area contributed by atoms with E-state index >= 15 is 0 Å². The summed E-state index contributed by atoms with van der Waals surface area (Å²) in [6.07, 6.45) is 2.79. The number of halogens is 1. The molecule has 0 radical (unpaired) electrons. The molecule has 0 saturated carbocycles. The van der Waals surface area contributed by atoms with Crippen LogP contribution in [0.1, 0.15) is 29.3 Å². The summed E-state index contributed by atoms with van der Waals surface area (Å²) in [7, 11) is -0.623. The molecule has 39 heavy (non-hydrogen) atoms. The van der Waals surface area contributed by atoms with Crippen LogP contribution >= 0.6 is 0 Å². The number of amides is 1. The molecule has 10 heteroatoms. The number of sulfonamides is 1. The molecule has 1 aromatic heterocycles. The molecule has 1 atom stereocenters. The number of H-pyrrole nitrogens is 1. The third-order valence-corrected chi connectivity index (χ3v) is 8.23. The molecule has 3 N–H and O–H groups in total. The summed E-state index contributed by atoms with van der Waals surface area (Å²) in [5, 5.41) is 13.6. The Morgan fingerprint density at radius 2 is 1.79 bits per heavy atom. The van der Waals surface area contributed by atoms with Gasteiger partial charge in [0.1, 0.15) is 11.6 Å². The number of hydrogen-bond donors (Lipinski definition) is 3. The van der Waals surface area contributed by atoms with E-state index in [0.29, 0.717) is 29.7 Å². The lowest BCUT2D eigenvalue weighted by atomic mass is 10.0. The van der Waals surface area contributed by atoms with Gasteiger partial charge in [-0.2, -0.15) is 0 Å². The van der Waals surface area contributed by atoms with Crippen LogP contribution in [0, 0.1) is 5.82 Å². The number of aliphatic hydroxyl groups excluding tert-OH is 1. The predicted molar refractivity (Wildman–Crippen MR) is 149 cm³/mol. The molecule has 0 fully saturated rings. The number of carbonyl (C=O) groups is 1. The van der Waals surface area contributed by atoms with Crippen molar-refractivity contribution in [2.75, 3.05) is 27.3 Å². The highest BCUT2D eigenvalue weighted by molar-refractivity contribution is 7.89. The highest BCUT2D eigenvalue weighted by Crippen LogP contribution is 2.29. The number of fused-ring (bicyclic) bond motifs is 1. The summed E-state index contributed by atoms with van der Waals surface area (Å²) in [5.74, 6) is -0.398. The molecule has 3 aromatic carbocycles. The number of aromatic nitrogens is 1. The molecule has 8 nitrogen and oxygen atoms in total. The first-order valence-corrected chi connectivity index (χ1v) is 14.0. The molecule has 0 aliphatic heterocycles. The lowest BCUT2D eigenvalue weighted by Crippen LogP contribution is -2.39. The fraction of sp³-hybridized carbons (Fsp3) is 0.276. The maximum Gasteiger partial charge on any atom is 0.255 e. The average Bonchev–Trinajstić information content (AvgIpc) is 3.32. The Bertz CT molecular complexity index is 1570. The van der Waals surface area contributed by atoms with E-state index in [4.69, 9.17) is 4.74 Å². The number of ether oxygens (including phenoxy) is 1. The van der Waals surface area contributed by atoms with Gasteiger partial charge in [0.15, 0.2) is 0 Å². The minimum Gasteiger partial charge on any atom is -0.493 e. The molecule has 1 amide bonds. The zero-order chi connectivity index (χ0) is 28.2. The van der Waals surface area contributed by atoms with Gasteiger partial charge < -0.3 is 20.1 Å². The first-order chi connectivity index (χ1) is 18.6. The molecule has 0 spiro atoms. The van der Waals surface area contributed by atoms with Crippen molar-refractivity contribution in [2.45, 2.75) is 30.7 Å². The van der Waals surface area contributed by atoms with Gasteiger partial charge in [0.2, 0.25) is 10.0 Å². The number of nitrogens with zero attached hydrogens (tertiary/aromatic N) is 1. The summed E-state index contributed by atoms with van der Waals surface area (Å²) in [4.78, 5) is 16.7. The van der Waals surface area contributed by atoms with Gasteiger partial charge in [0.05, 0.1) is 29.7 Å². The Morgan fingerprint density at radius 3 is 2.46 bits per heavy atom. The van der Waals surface area contributed by atoms with Crippen molar-refractivity contribution in [1.29, 1.82) is 0 Å². The lowest BCUT2D eigenvalue weighted by Gasteiger charge is -2.18. The second-order valence-corrected chi connectivity index (χ2v) is 11.6. The van der Waals surface area contributed by atoms with Gasteiger partial charge in [-0.3, -0.25) is 4.79 Å². The van der Waals surface area contributed by atoms with Gasteiger partial charge >= 0.3 is 0 Å². The molecule has 206 valence electrons. The maximum atomic E-state index is 13.8. The highest BCUT2D eigenvalue weighted by atomic mass is 32.2. The lowest BCUT2D eigenvalue weighted by molar-refractivity contribution is 0.0912. The quantitative estimate of drug-likeness (QED) is 0.256. The number of nitrogens with one attached hydrogen (secondary N) is 2. The molecule has 1 heterocycles. The summed E-state index contributed by atoms with van der Waals surface area (Å²) in [5.41, 5.74) is 3.25. The number of hydrogen-bond acceptors (Lipinski definition) is 5. The SMILES string of the molecule is CCCOc1ccc(-c2ccc(S(=O)(=O)N(C)C)cc2)cc1C(=O)NC(CO)Cc1c[nH]c2ccc(F)cc12. The van der Waals surface area contributed by atoms with Gasteiger partial charge in [0, 0.05) is 31.2 Å². The van der Waals surface area contributed by atoms with Gasteiger partial charge in [-0.15, -0.1) is 0 Å². The second-order valence-electron chi connectivity index (χ2n) is 9.43. The van der Waals surface area contributed by atoms with Crippen LogP contribution in [0.15, 0.2) is 71.8 Å². The summed E-state index contributed by atoms with van der Waals surface area (Å²) >= 11 is 0. The second kappa shape index (κ2) is 12.0. The smallest absolute Gasteiger partial charge is 0.255 e. The third-order valence-electron chi connectivity index (χ3n) is 6.40. The van der Waals surface area contributed by atoms with Crippen LogP contribution in [-0.4, -0.2) is 62.1 Å².